The number of hydrogen-bond donors (Lipinski definition) is 0. The van der Waals surface area contributed by atoms with Gasteiger partial charge in [-0.15, -0.1) is 0 Å². The van der Waals surface area contributed by atoms with Crippen LogP contribution in [-0.2, 0) is 18.3 Å². The van der Waals surface area contributed by atoms with E-state index in [1.165, 1.54) is 19.3 Å². The van der Waals surface area contributed by atoms with E-state index in [-0.39, 0.29) is 5.54 Å². The monoisotopic (exact) mass is 263 g/mol. The molecule has 0 amide bonds. The van der Waals surface area contributed by atoms with Gasteiger partial charge in [0.1, 0.15) is 0 Å². The van der Waals surface area contributed by atoms with E-state index in [2.05, 4.69) is 23.8 Å². The van der Waals surface area contributed by atoms with Crippen LogP contribution in [0, 0.1) is 0 Å². The van der Waals surface area contributed by atoms with Crippen LogP contribution in [-0.4, -0.2) is 39.1 Å². The van der Waals surface area contributed by atoms with Gasteiger partial charge in [0.15, 0.2) is 5.78 Å². The number of carbonyl (C=O) groups excluding carboxylic acids is 1. The second-order valence-corrected chi connectivity index (χ2v) is 5.98. The van der Waals surface area contributed by atoms with Crippen molar-refractivity contribution in [3.8, 4) is 0 Å². The van der Waals surface area contributed by atoms with Gasteiger partial charge in [-0.05, 0) is 52.3 Å². The molecular formula is C15H25N3O. The molecule has 0 spiro atoms. The molecule has 1 aliphatic rings. The molecule has 0 N–H and O–H groups in total. The van der Waals surface area contributed by atoms with Crippen molar-refractivity contribution in [3.05, 3.63) is 18.0 Å². The summed E-state index contributed by atoms with van der Waals surface area (Å²) < 4.78 is 1.85. The number of aryl methyl sites for hydroxylation is 2. The molecule has 1 aromatic heterocycles. The normalized spacial score (nSPS) is 17.6. The fourth-order valence-corrected chi connectivity index (χ4v) is 2.82. The van der Waals surface area contributed by atoms with Gasteiger partial charge in [0.05, 0.1) is 5.54 Å². The number of Topliss-reactive ketones (excluding diaryl/α,β-unsaturated/α-hetero) is 1. The zero-order valence-corrected chi connectivity index (χ0v) is 12.4. The predicted octanol–water partition coefficient (Wildman–Crippen LogP) is 2.19. The van der Waals surface area contributed by atoms with Gasteiger partial charge in [-0.25, -0.2) is 0 Å². The molecule has 0 radical (unpaired) electrons. The minimum atomic E-state index is -0.320. The molecule has 4 heteroatoms. The zero-order chi connectivity index (χ0) is 13.9. The van der Waals surface area contributed by atoms with Crippen molar-refractivity contribution in [3.63, 3.8) is 0 Å². The average molecular weight is 263 g/mol. The molecule has 0 aromatic carbocycles. The fraction of sp³-hybridized carbons (Fsp3) is 0.733. The lowest BCUT2D eigenvalue weighted by Gasteiger charge is -2.39. The van der Waals surface area contributed by atoms with Crippen molar-refractivity contribution in [1.82, 2.24) is 14.7 Å². The Kier molecular flexibility index (Phi) is 4.40. The highest BCUT2D eigenvalue weighted by Gasteiger charge is 2.34. The lowest BCUT2D eigenvalue weighted by Crippen LogP contribution is -2.52. The predicted molar refractivity (Wildman–Crippen MR) is 76.0 cm³/mol. The number of piperidine rings is 1. The Hall–Kier alpha value is -1.16. The third-order valence-electron chi connectivity index (χ3n) is 4.36. The standard InChI is InChI=1S/C15H25N3O/c1-15(2,18-11-5-4-6-12-18)14(19)8-7-13-9-10-16-17(13)3/h9-10H,4-8,11-12H2,1-3H3. The minimum absolute atomic E-state index is 0.320. The van der Waals surface area contributed by atoms with Crippen LogP contribution >= 0.6 is 0 Å². The Morgan fingerprint density at radius 3 is 2.58 bits per heavy atom. The van der Waals surface area contributed by atoms with Crippen molar-refractivity contribution in [2.24, 2.45) is 7.05 Å². The zero-order valence-electron chi connectivity index (χ0n) is 12.4. The van der Waals surface area contributed by atoms with Gasteiger partial charge in [-0.1, -0.05) is 6.42 Å². The van der Waals surface area contributed by atoms with E-state index in [1.54, 1.807) is 6.20 Å². The first-order valence-corrected chi connectivity index (χ1v) is 7.27. The van der Waals surface area contributed by atoms with Crippen LogP contribution in [0.3, 0.4) is 0 Å². The highest BCUT2D eigenvalue weighted by Crippen LogP contribution is 2.23. The first-order valence-electron chi connectivity index (χ1n) is 7.27. The minimum Gasteiger partial charge on any atom is -0.298 e. The maximum Gasteiger partial charge on any atom is 0.152 e. The Balaban J connectivity index is 1.92. The number of carbonyl (C=O) groups is 1. The molecular weight excluding hydrogens is 238 g/mol. The van der Waals surface area contributed by atoms with Crippen LogP contribution in [0.5, 0.6) is 0 Å². The fourth-order valence-electron chi connectivity index (χ4n) is 2.82. The summed E-state index contributed by atoms with van der Waals surface area (Å²) in [6.07, 6.45) is 6.91. The number of ketones is 1. The summed E-state index contributed by atoms with van der Waals surface area (Å²) in [4.78, 5) is 14.8. The molecule has 19 heavy (non-hydrogen) atoms. The van der Waals surface area contributed by atoms with Crippen LogP contribution in [0.1, 0.15) is 45.2 Å². The molecule has 1 saturated heterocycles. The van der Waals surface area contributed by atoms with Crippen molar-refractivity contribution < 1.29 is 4.79 Å². The second-order valence-electron chi connectivity index (χ2n) is 5.98. The number of rotatable bonds is 5. The Bertz CT molecular complexity index is 430. The Labute approximate surface area is 115 Å². The van der Waals surface area contributed by atoms with Gasteiger partial charge in [-0.3, -0.25) is 14.4 Å². The third kappa shape index (κ3) is 3.24. The highest BCUT2D eigenvalue weighted by molar-refractivity contribution is 5.87. The van der Waals surface area contributed by atoms with Crippen molar-refractivity contribution in [2.45, 2.75) is 51.5 Å². The maximum absolute atomic E-state index is 12.5. The quantitative estimate of drug-likeness (QED) is 0.817. The molecule has 0 unspecified atom stereocenters. The van der Waals surface area contributed by atoms with Crippen LogP contribution in [0.2, 0.25) is 0 Å². The molecule has 1 fully saturated rings. The van der Waals surface area contributed by atoms with Crippen molar-refractivity contribution in [2.75, 3.05) is 13.1 Å². The topological polar surface area (TPSA) is 38.1 Å². The smallest absolute Gasteiger partial charge is 0.152 e. The molecule has 4 nitrogen and oxygen atoms in total. The molecule has 0 atom stereocenters. The summed E-state index contributed by atoms with van der Waals surface area (Å²) in [7, 11) is 1.93. The van der Waals surface area contributed by atoms with E-state index in [0.717, 1.165) is 25.2 Å². The summed E-state index contributed by atoms with van der Waals surface area (Å²) in [6, 6.07) is 1.99. The van der Waals surface area contributed by atoms with Gasteiger partial charge in [0.2, 0.25) is 0 Å². The largest absolute Gasteiger partial charge is 0.298 e. The molecule has 1 aromatic rings. The van der Waals surface area contributed by atoms with Gasteiger partial charge in [-0.2, -0.15) is 5.10 Å². The van der Waals surface area contributed by atoms with E-state index < -0.39 is 0 Å². The van der Waals surface area contributed by atoms with Crippen LogP contribution in [0.25, 0.3) is 0 Å². The van der Waals surface area contributed by atoms with Crippen LogP contribution in [0.4, 0.5) is 0 Å². The molecule has 2 heterocycles. The summed E-state index contributed by atoms with van der Waals surface area (Å²) in [6.45, 7) is 6.27. The van der Waals surface area contributed by atoms with Gasteiger partial charge >= 0.3 is 0 Å². The number of hydrogen-bond acceptors (Lipinski definition) is 3. The number of likely N-dealkylation sites (tertiary alicyclic amines) is 1. The lowest BCUT2D eigenvalue weighted by molar-refractivity contribution is -0.130. The number of nitrogens with zero attached hydrogens (tertiary/aromatic N) is 3. The first kappa shape index (κ1) is 14.3. The summed E-state index contributed by atoms with van der Waals surface area (Å²) in [5.41, 5.74) is 0.807. The van der Waals surface area contributed by atoms with Gasteiger partial charge in [0, 0.05) is 25.4 Å². The van der Waals surface area contributed by atoms with Crippen molar-refractivity contribution >= 4 is 5.78 Å². The summed E-state index contributed by atoms with van der Waals surface area (Å²) in [5, 5.41) is 4.14. The summed E-state index contributed by atoms with van der Waals surface area (Å²) >= 11 is 0. The number of aromatic nitrogens is 2. The Morgan fingerprint density at radius 2 is 2.00 bits per heavy atom. The average Bonchev–Trinajstić information content (AvgIpc) is 2.82. The van der Waals surface area contributed by atoms with E-state index in [1.807, 2.05) is 17.8 Å². The lowest BCUT2D eigenvalue weighted by atomic mass is 9.91. The molecule has 106 valence electrons. The van der Waals surface area contributed by atoms with E-state index >= 15 is 0 Å². The Morgan fingerprint density at radius 1 is 1.32 bits per heavy atom. The molecule has 0 bridgehead atoms. The third-order valence-corrected chi connectivity index (χ3v) is 4.36. The van der Waals surface area contributed by atoms with Gasteiger partial charge < -0.3 is 0 Å². The van der Waals surface area contributed by atoms with E-state index in [9.17, 15) is 4.79 Å². The summed E-state index contributed by atoms with van der Waals surface area (Å²) in [5.74, 6) is 0.343. The van der Waals surface area contributed by atoms with Gasteiger partial charge in [0.25, 0.3) is 0 Å². The molecule has 0 aliphatic carbocycles. The molecule has 1 aliphatic heterocycles. The first-order chi connectivity index (χ1) is 9.01. The van der Waals surface area contributed by atoms with E-state index in [0.29, 0.717) is 12.2 Å². The molecule has 0 saturated carbocycles. The van der Waals surface area contributed by atoms with Crippen LogP contribution in [0.15, 0.2) is 12.3 Å². The second kappa shape index (κ2) is 5.87. The highest BCUT2D eigenvalue weighted by atomic mass is 16.1. The maximum atomic E-state index is 12.5. The van der Waals surface area contributed by atoms with Crippen molar-refractivity contribution in [1.29, 1.82) is 0 Å². The van der Waals surface area contributed by atoms with E-state index in [4.69, 9.17) is 0 Å². The van der Waals surface area contributed by atoms with Crippen LogP contribution < -0.4 is 0 Å². The SMILES string of the molecule is Cn1nccc1CCC(=O)C(C)(C)N1CCCCC1. The molecule has 2 rings (SSSR count).